The molecule has 7 heteroatoms. The predicted molar refractivity (Wildman–Crippen MR) is 77.2 cm³/mol. The van der Waals surface area contributed by atoms with Crippen LogP contribution in [0.3, 0.4) is 0 Å². The highest BCUT2D eigenvalue weighted by molar-refractivity contribution is 5.73. The minimum absolute atomic E-state index is 0.0866. The molecule has 0 saturated carbocycles. The number of urea groups is 1. The molecule has 2 amide bonds. The van der Waals surface area contributed by atoms with Crippen molar-refractivity contribution in [1.82, 2.24) is 10.6 Å². The Bertz CT molecular complexity index is 340. The lowest BCUT2D eigenvalue weighted by Crippen LogP contribution is -2.44. The molecule has 122 valence electrons. The monoisotopic (exact) mass is 302 g/mol. The molecule has 21 heavy (non-hydrogen) atoms. The Kier molecular flexibility index (Phi) is 7.45. The van der Waals surface area contributed by atoms with Crippen molar-refractivity contribution in [2.45, 2.75) is 39.2 Å². The second kappa shape index (κ2) is 8.84. The van der Waals surface area contributed by atoms with Crippen LogP contribution >= 0.6 is 0 Å². The van der Waals surface area contributed by atoms with Gasteiger partial charge in [0.15, 0.2) is 0 Å². The average molecular weight is 302 g/mol. The third-order valence-electron chi connectivity index (χ3n) is 3.48. The summed E-state index contributed by atoms with van der Waals surface area (Å²) < 4.78 is 10.7. The summed E-state index contributed by atoms with van der Waals surface area (Å²) in [6.07, 6.45) is 1.39. The molecule has 0 radical (unpaired) electrons. The zero-order valence-electron chi connectivity index (χ0n) is 12.8. The van der Waals surface area contributed by atoms with Crippen molar-refractivity contribution < 1.29 is 24.2 Å². The molecule has 0 aromatic heterocycles. The third kappa shape index (κ3) is 8.52. The zero-order valence-corrected chi connectivity index (χ0v) is 12.8. The number of carboxylic acid groups (broad SMARTS) is 1. The number of nitrogens with one attached hydrogen (secondary N) is 2. The van der Waals surface area contributed by atoms with Gasteiger partial charge in [-0.1, -0.05) is 13.8 Å². The molecule has 1 fully saturated rings. The Morgan fingerprint density at radius 3 is 2.62 bits per heavy atom. The molecular weight excluding hydrogens is 276 g/mol. The normalized spacial score (nSPS) is 19.0. The minimum Gasteiger partial charge on any atom is -0.481 e. The quantitative estimate of drug-likeness (QED) is 0.621. The third-order valence-corrected chi connectivity index (χ3v) is 3.48. The molecule has 1 unspecified atom stereocenters. The van der Waals surface area contributed by atoms with Crippen molar-refractivity contribution in [3.05, 3.63) is 0 Å². The van der Waals surface area contributed by atoms with E-state index in [-0.39, 0.29) is 24.0 Å². The Balaban J connectivity index is 2.10. The number of hydrogen-bond donors (Lipinski definition) is 3. The number of rotatable bonds is 8. The smallest absolute Gasteiger partial charge is 0.314 e. The average Bonchev–Trinajstić information content (AvgIpc) is 2.44. The molecule has 0 spiro atoms. The fourth-order valence-electron chi connectivity index (χ4n) is 2.01. The predicted octanol–water partition coefficient (Wildman–Crippen LogP) is 0.982. The zero-order chi connectivity index (χ0) is 15.7. The number of aliphatic carboxylic acids is 1. The van der Waals surface area contributed by atoms with Crippen LogP contribution < -0.4 is 10.6 Å². The number of ether oxygens (including phenoxy) is 2. The summed E-state index contributed by atoms with van der Waals surface area (Å²) in [4.78, 5) is 22.2. The van der Waals surface area contributed by atoms with Gasteiger partial charge >= 0.3 is 12.0 Å². The van der Waals surface area contributed by atoms with Crippen LogP contribution in [0, 0.1) is 5.41 Å². The summed E-state index contributed by atoms with van der Waals surface area (Å²) in [5.74, 6) is -0.788. The molecule has 1 aliphatic rings. The van der Waals surface area contributed by atoms with Gasteiger partial charge < -0.3 is 25.2 Å². The van der Waals surface area contributed by atoms with Crippen molar-refractivity contribution in [3.8, 4) is 0 Å². The summed E-state index contributed by atoms with van der Waals surface area (Å²) >= 11 is 0. The van der Waals surface area contributed by atoms with Gasteiger partial charge in [-0.2, -0.15) is 0 Å². The standard InChI is InChI=1S/C14H26N2O5/c1-14(2,4-3-12(17)18)5-6-15-13(19)16-9-11-10-20-7-8-21-11/h11H,3-10H2,1-2H3,(H,17,18)(H2,15,16,19). The van der Waals surface area contributed by atoms with Gasteiger partial charge in [0, 0.05) is 19.5 Å². The van der Waals surface area contributed by atoms with Crippen molar-refractivity contribution in [3.63, 3.8) is 0 Å². The van der Waals surface area contributed by atoms with Gasteiger partial charge in [-0.3, -0.25) is 4.79 Å². The Labute approximate surface area is 125 Å². The first kappa shape index (κ1) is 17.7. The molecule has 1 saturated heterocycles. The molecule has 1 aliphatic heterocycles. The van der Waals surface area contributed by atoms with Gasteiger partial charge in [0.2, 0.25) is 0 Å². The van der Waals surface area contributed by atoms with E-state index in [0.717, 1.165) is 6.42 Å². The molecule has 0 aromatic carbocycles. The van der Waals surface area contributed by atoms with E-state index in [9.17, 15) is 9.59 Å². The highest BCUT2D eigenvalue weighted by Crippen LogP contribution is 2.25. The molecule has 1 heterocycles. The maximum Gasteiger partial charge on any atom is 0.314 e. The van der Waals surface area contributed by atoms with E-state index in [0.29, 0.717) is 39.3 Å². The summed E-state index contributed by atoms with van der Waals surface area (Å²) in [6, 6.07) is -0.238. The van der Waals surface area contributed by atoms with E-state index in [1.165, 1.54) is 0 Å². The van der Waals surface area contributed by atoms with Gasteiger partial charge in [-0.15, -0.1) is 0 Å². The fraction of sp³-hybridized carbons (Fsp3) is 0.857. The van der Waals surface area contributed by atoms with Crippen molar-refractivity contribution in [2.24, 2.45) is 5.41 Å². The van der Waals surface area contributed by atoms with Gasteiger partial charge in [0.05, 0.1) is 25.9 Å². The maximum atomic E-state index is 11.6. The number of carboxylic acids is 1. The molecule has 0 aliphatic carbocycles. The van der Waals surface area contributed by atoms with Crippen molar-refractivity contribution in [2.75, 3.05) is 32.9 Å². The van der Waals surface area contributed by atoms with Crippen LogP contribution in [0.15, 0.2) is 0 Å². The highest BCUT2D eigenvalue weighted by atomic mass is 16.6. The first-order valence-electron chi connectivity index (χ1n) is 7.32. The van der Waals surface area contributed by atoms with E-state index in [2.05, 4.69) is 10.6 Å². The summed E-state index contributed by atoms with van der Waals surface area (Å²) in [5, 5.41) is 14.2. The Morgan fingerprint density at radius 2 is 2.00 bits per heavy atom. The first-order chi connectivity index (χ1) is 9.89. The van der Waals surface area contributed by atoms with Gasteiger partial charge in [-0.05, 0) is 18.3 Å². The minimum atomic E-state index is -0.788. The van der Waals surface area contributed by atoms with Crippen LogP contribution in [0.5, 0.6) is 0 Å². The number of hydrogen-bond acceptors (Lipinski definition) is 4. The van der Waals surface area contributed by atoms with Crippen LogP contribution in [0.1, 0.15) is 33.1 Å². The number of amides is 2. The molecule has 0 bridgehead atoms. The SMILES string of the molecule is CC(C)(CCNC(=O)NCC1COCCO1)CCC(=O)O. The number of carbonyl (C=O) groups is 2. The number of carbonyl (C=O) groups excluding carboxylic acids is 1. The van der Waals surface area contributed by atoms with Crippen LogP contribution in [0.25, 0.3) is 0 Å². The second-order valence-corrected chi connectivity index (χ2v) is 6.01. The van der Waals surface area contributed by atoms with Crippen LogP contribution in [-0.2, 0) is 14.3 Å². The van der Waals surface area contributed by atoms with Gasteiger partial charge in [0.1, 0.15) is 0 Å². The van der Waals surface area contributed by atoms with Crippen LogP contribution in [0.4, 0.5) is 4.79 Å². The largest absolute Gasteiger partial charge is 0.481 e. The van der Waals surface area contributed by atoms with Crippen LogP contribution in [-0.4, -0.2) is 56.1 Å². The maximum absolute atomic E-state index is 11.6. The lowest BCUT2D eigenvalue weighted by atomic mass is 9.84. The van der Waals surface area contributed by atoms with E-state index < -0.39 is 5.97 Å². The molecular formula is C14H26N2O5. The Morgan fingerprint density at radius 1 is 1.24 bits per heavy atom. The van der Waals surface area contributed by atoms with E-state index in [4.69, 9.17) is 14.6 Å². The molecule has 3 N–H and O–H groups in total. The Hall–Kier alpha value is -1.34. The first-order valence-corrected chi connectivity index (χ1v) is 7.32. The highest BCUT2D eigenvalue weighted by Gasteiger charge is 2.19. The van der Waals surface area contributed by atoms with Crippen LogP contribution in [0.2, 0.25) is 0 Å². The molecule has 0 aromatic rings. The van der Waals surface area contributed by atoms with Gasteiger partial charge in [0.25, 0.3) is 0 Å². The molecule has 1 atom stereocenters. The lowest BCUT2D eigenvalue weighted by molar-refractivity contribution is -0.137. The van der Waals surface area contributed by atoms with E-state index >= 15 is 0 Å². The second-order valence-electron chi connectivity index (χ2n) is 6.01. The van der Waals surface area contributed by atoms with E-state index in [1.807, 2.05) is 13.8 Å². The fourth-order valence-corrected chi connectivity index (χ4v) is 2.01. The van der Waals surface area contributed by atoms with Gasteiger partial charge in [-0.25, -0.2) is 4.79 Å². The van der Waals surface area contributed by atoms with E-state index in [1.54, 1.807) is 0 Å². The lowest BCUT2D eigenvalue weighted by Gasteiger charge is -2.25. The molecule has 1 rings (SSSR count). The van der Waals surface area contributed by atoms with Crippen molar-refractivity contribution in [1.29, 1.82) is 0 Å². The summed E-state index contributed by atoms with van der Waals surface area (Å²) in [6.45, 7) is 6.61. The summed E-state index contributed by atoms with van der Waals surface area (Å²) in [5.41, 5.74) is -0.105. The molecule has 7 nitrogen and oxygen atoms in total. The van der Waals surface area contributed by atoms with Crippen molar-refractivity contribution >= 4 is 12.0 Å². The topological polar surface area (TPSA) is 96.9 Å². The summed E-state index contributed by atoms with van der Waals surface area (Å²) in [7, 11) is 0.